The fourth-order valence-corrected chi connectivity index (χ4v) is 7.52. The van der Waals surface area contributed by atoms with Crippen LogP contribution in [-0.2, 0) is 59.2 Å². The number of likely N-dealkylation sites (tertiary alicyclic amines) is 1. The number of carboxylic acids is 1. The number of amides is 10. The average Bonchev–Trinajstić information content (AvgIpc) is 3.97. The van der Waals surface area contributed by atoms with Crippen LogP contribution in [0.15, 0.2) is 30.5 Å². The van der Waals surface area contributed by atoms with Gasteiger partial charge in [-0.05, 0) is 57.2 Å². The third kappa shape index (κ3) is 17.3. The van der Waals surface area contributed by atoms with Crippen molar-refractivity contribution in [2.75, 3.05) is 44.2 Å². The molecular formula is C41H61N13O12S2. The minimum Gasteiger partial charge on any atom is -0.481 e. The monoisotopic (exact) mass is 991 g/mol. The number of carboxylic acid groups (broad SMARTS) is 1. The summed E-state index contributed by atoms with van der Waals surface area (Å²) in [4.78, 5) is 146. The van der Waals surface area contributed by atoms with E-state index in [0.717, 1.165) is 0 Å². The summed E-state index contributed by atoms with van der Waals surface area (Å²) in [6.45, 7) is -0.0760. The lowest BCUT2D eigenvalue weighted by molar-refractivity contribution is -0.143. The van der Waals surface area contributed by atoms with E-state index in [2.05, 4.69) is 72.8 Å². The molecule has 2 heterocycles. The lowest BCUT2D eigenvalue weighted by Crippen LogP contribution is -2.59. The van der Waals surface area contributed by atoms with Gasteiger partial charge in [0.1, 0.15) is 42.3 Å². The zero-order valence-electron chi connectivity index (χ0n) is 37.3. The second kappa shape index (κ2) is 28.0. The molecule has 27 heteroatoms. The number of nitrogens with one attached hydrogen (secondary N) is 9. The van der Waals surface area contributed by atoms with Crippen LogP contribution in [-0.4, -0.2) is 167 Å². The molecule has 0 radical (unpaired) electrons. The normalized spacial score (nSPS) is 15.8. The van der Waals surface area contributed by atoms with Crippen molar-refractivity contribution in [3.05, 3.63) is 36.0 Å². The largest absolute Gasteiger partial charge is 0.481 e. The third-order valence-corrected chi connectivity index (χ3v) is 11.4. The minimum atomic E-state index is -1.79. The van der Waals surface area contributed by atoms with E-state index in [-0.39, 0.29) is 50.4 Å². The lowest BCUT2D eigenvalue weighted by atomic mass is 10.0. The van der Waals surface area contributed by atoms with Crippen LogP contribution in [0.5, 0.6) is 0 Å². The van der Waals surface area contributed by atoms with Crippen molar-refractivity contribution in [2.24, 2.45) is 17.2 Å². The Bertz CT molecular complexity index is 2160. The number of unbranched alkanes of at least 4 members (excludes halogenated alkanes) is 1. The standard InChI is InChI=1S/C41H61N13O12S2/c1-21(35(44)60)48-39(64)29(20-68)53-40(65)30-10-6-12-54(30)41(66)27(13-22-16-45-24-8-3-2-7-23(22)24)52-38(63)26(14-34(58)59)50-33(57)18-46-36(61)25(9-4-5-11-42)49-32(56)17-47-37(62)28(19-67)51-31(55)15-43/h2-3,7-8,16,21,25-30,45,67-68H,4-6,9-15,17-20,42-43H2,1H3,(H2,44,60)(H,46,61)(H,47,62)(H,48,64)(H,49,56)(H,50,57)(H,51,55)(H,52,63)(H,53,65)(H,58,59)/t21-,25-,26-,27-,28-,29-,30-/m0/s1. The van der Waals surface area contributed by atoms with E-state index in [0.29, 0.717) is 35.7 Å². The van der Waals surface area contributed by atoms with E-state index in [1.165, 1.54) is 11.8 Å². The van der Waals surface area contributed by atoms with Crippen molar-refractivity contribution < 1.29 is 57.8 Å². The van der Waals surface area contributed by atoms with Gasteiger partial charge < -0.3 is 74.7 Å². The van der Waals surface area contributed by atoms with Crippen LogP contribution in [0.25, 0.3) is 10.9 Å². The number of thiol groups is 2. The maximum absolute atomic E-state index is 14.5. The van der Waals surface area contributed by atoms with Gasteiger partial charge in [-0.2, -0.15) is 25.3 Å². The first kappa shape index (κ1) is 55.9. The number of aromatic nitrogens is 1. The molecule has 10 amide bonds. The summed E-state index contributed by atoms with van der Waals surface area (Å²) in [7, 11) is 0. The Morgan fingerprint density at radius 2 is 1.34 bits per heavy atom. The predicted octanol–water partition coefficient (Wildman–Crippen LogP) is -5.23. The molecule has 0 spiro atoms. The van der Waals surface area contributed by atoms with Crippen LogP contribution in [0, 0.1) is 0 Å². The number of aromatic amines is 1. The predicted molar refractivity (Wildman–Crippen MR) is 251 cm³/mol. The molecule has 25 nitrogen and oxygen atoms in total. The summed E-state index contributed by atoms with van der Waals surface area (Å²) in [6, 6.07) is -1.82. The van der Waals surface area contributed by atoms with Gasteiger partial charge in [0.2, 0.25) is 59.1 Å². The number of primary amides is 1. The Morgan fingerprint density at radius 3 is 1.94 bits per heavy atom. The Balaban J connectivity index is 1.77. The number of carbonyl (C=O) groups is 11. The highest BCUT2D eigenvalue weighted by molar-refractivity contribution is 7.80. The highest BCUT2D eigenvalue weighted by Gasteiger charge is 2.40. The first-order valence-corrected chi connectivity index (χ1v) is 22.9. The number of hydrogen-bond donors (Lipinski definition) is 15. The van der Waals surface area contributed by atoms with Gasteiger partial charge in [0.25, 0.3) is 0 Å². The molecule has 374 valence electrons. The first-order valence-electron chi connectivity index (χ1n) is 21.7. The van der Waals surface area contributed by atoms with Crippen molar-refractivity contribution in [1.29, 1.82) is 0 Å². The maximum atomic E-state index is 14.5. The van der Waals surface area contributed by atoms with E-state index in [9.17, 15) is 57.8 Å². The van der Waals surface area contributed by atoms with Gasteiger partial charge >= 0.3 is 5.97 Å². The summed E-state index contributed by atoms with van der Waals surface area (Å²) < 4.78 is 0. The summed E-state index contributed by atoms with van der Waals surface area (Å²) in [5.74, 6) is -9.88. The van der Waals surface area contributed by atoms with Gasteiger partial charge in [0.15, 0.2) is 0 Å². The highest BCUT2D eigenvalue weighted by Crippen LogP contribution is 2.23. The van der Waals surface area contributed by atoms with Crippen molar-refractivity contribution in [3.8, 4) is 0 Å². The van der Waals surface area contributed by atoms with Crippen molar-refractivity contribution >= 4 is 101 Å². The van der Waals surface area contributed by atoms with Gasteiger partial charge in [-0.1, -0.05) is 18.2 Å². The second-order valence-electron chi connectivity index (χ2n) is 15.8. The summed E-state index contributed by atoms with van der Waals surface area (Å²) in [5, 5.41) is 29.7. The molecule has 0 aliphatic carbocycles. The Kier molecular flexibility index (Phi) is 23.0. The number of nitrogens with zero attached hydrogens (tertiary/aromatic N) is 1. The zero-order chi connectivity index (χ0) is 50.5. The van der Waals surface area contributed by atoms with Gasteiger partial charge in [0, 0.05) is 41.6 Å². The van der Waals surface area contributed by atoms with Crippen molar-refractivity contribution in [3.63, 3.8) is 0 Å². The number of para-hydroxylation sites is 1. The third-order valence-electron chi connectivity index (χ3n) is 10.6. The Morgan fingerprint density at radius 1 is 0.750 bits per heavy atom. The summed E-state index contributed by atoms with van der Waals surface area (Å²) in [6.07, 6.45) is 1.95. The van der Waals surface area contributed by atoms with E-state index < -0.39 is 127 Å². The molecular weight excluding hydrogens is 931 g/mol. The van der Waals surface area contributed by atoms with Gasteiger partial charge in [-0.25, -0.2) is 0 Å². The van der Waals surface area contributed by atoms with Crippen LogP contribution < -0.4 is 59.7 Å². The molecule has 1 saturated heterocycles. The Labute approximate surface area is 401 Å². The van der Waals surface area contributed by atoms with Gasteiger partial charge in [-0.15, -0.1) is 0 Å². The van der Waals surface area contributed by atoms with Crippen LogP contribution >= 0.6 is 25.3 Å². The number of H-pyrrole nitrogens is 1. The van der Waals surface area contributed by atoms with Crippen LogP contribution in [0.4, 0.5) is 0 Å². The highest BCUT2D eigenvalue weighted by atomic mass is 32.1. The van der Waals surface area contributed by atoms with E-state index in [4.69, 9.17) is 17.2 Å². The average molecular weight is 992 g/mol. The fourth-order valence-electron chi connectivity index (χ4n) is 7.01. The Hall–Kier alpha value is -6.45. The molecule has 1 aliphatic rings. The number of carbonyl (C=O) groups excluding carboxylic acids is 10. The van der Waals surface area contributed by atoms with Crippen LogP contribution in [0.2, 0.25) is 0 Å². The molecule has 3 rings (SSSR count). The molecule has 1 aromatic carbocycles. The molecule has 0 unspecified atom stereocenters. The van der Waals surface area contributed by atoms with Crippen molar-refractivity contribution in [1.82, 2.24) is 52.4 Å². The number of rotatable bonds is 28. The second-order valence-corrected chi connectivity index (χ2v) is 16.5. The summed E-state index contributed by atoms with van der Waals surface area (Å²) >= 11 is 8.17. The SMILES string of the molecule is C[C@H](NC(=O)[C@H](CS)NC(=O)[C@@H]1CCCN1C(=O)[C@H](Cc1c[nH]c2ccccc12)NC(=O)[C@H](CC(=O)O)NC(=O)CNC(=O)[C@H](CCCCN)NC(=O)CNC(=O)[C@H](CS)NC(=O)CN)C(N)=O. The number of hydrogen-bond acceptors (Lipinski definition) is 15. The van der Waals surface area contributed by atoms with Gasteiger partial charge in [0.05, 0.1) is 26.1 Å². The number of nitrogens with two attached hydrogens (primary N) is 3. The van der Waals surface area contributed by atoms with E-state index in [1.54, 1.807) is 30.5 Å². The topological polar surface area (TPSA) is 401 Å². The maximum Gasteiger partial charge on any atom is 0.305 e. The van der Waals surface area contributed by atoms with Crippen LogP contribution in [0.1, 0.15) is 51.0 Å². The molecule has 7 atom stereocenters. The molecule has 68 heavy (non-hydrogen) atoms. The molecule has 2 aromatic rings. The zero-order valence-corrected chi connectivity index (χ0v) is 39.1. The molecule has 1 fully saturated rings. The van der Waals surface area contributed by atoms with Crippen LogP contribution in [0.3, 0.4) is 0 Å². The van der Waals surface area contributed by atoms with E-state index in [1.807, 2.05) is 0 Å². The number of benzene rings is 1. The van der Waals surface area contributed by atoms with Crippen molar-refractivity contribution in [2.45, 2.75) is 94.2 Å². The van der Waals surface area contributed by atoms with Gasteiger partial charge in [-0.3, -0.25) is 52.7 Å². The molecule has 0 saturated carbocycles. The molecule has 1 aliphatic heterocycles. The first-order chi connectivity index (χ1) is 32.3. The number of aliphatic carboxylic acids is 1. The lowest BCUT2D eigenvalue weighted by Gasteiger charge is -2.30. The molecule has 0 bridgehead atoms. The summed E-state index contributed by atoms with van der Waals surface area (Å²) in [5.41, 5.74) is 17.4. The fraction of sp³-hybridized carbons (Fsp3) is 0.537. The molecule has 16 N–H and O–H groups in total. The quantitative estimate of drug-likeness (QED) is 0.0280. The molecule has 1 aromatic heterocycles. The van der Waals surface area contributed by atoms with E-state index >= 15 is 0 Å². The smallest absolute Gasteiger partial charge is 0.305 e. The minimum absolute atomic E-state index is 0.0624. The number of fused-ring (bicyclic) bond motifs is 1.